The minimum absolute atomic E-state index is 0.700. The quantitative estimate of drug-likeness (QED) is 0.181. The van der Waals surface area contributed by atoms with Crippen molar-refractivity contribution in [1.82, 2.24) is 14.5 Å². The molecule has 4 aromatic heterocycles. The Morgan fingerprint density at radius 3 is 1.92 bits per heavy atom. The lowest BCUT2D eigenvalue weighted by molar-refractivity contribution is 1.02. The summed E-state index contributed by atoms with van der Waals surface area (Å²) in [6, 6.07) is 50.4. The van der Waals surface area contributed by atoms with E-state index in [4.69, 9.17) is 9.97 Å². The Morgan fingerprint density at radius 1 is 0.519 bits per heavy atom. The summed E-state index contributed by atoms with van der Waals surface area (Å²) in [6.07, 6.45) is 0. The lowest BCUT2D eigenvalue weighted by Gasteiger charge is -2.15. The van der Waals surface area contributed by atoms with Crippen molar-refractivity contribution in [2.75, 3.05) is 0 Å². The molecule has 0 unspecified atom stereocenters. The van der Waals surface area contributed by atoms with Crippen molar-refractivity contribution in [2.45, 2.75) is 23.6 Å². The molecule has 0 N–H and O–H groups in total. The summed E-state index contributed by atoms with van der Waals surface area (Å²) in [5.41, 5.74) is 6.88. The van der Waals surface area contributed by atoms with Crippen molar-refractivity contribution < 1.29 is 0 Å². The molecular formula is C46H29N3S3. The smallest absolute Gasteiger partial charge is 0.236 e. The van der Waals surface area contributed by atoms with Crippen LogP contribution in [0.4, 0.5) is 0 Å². The number of benzene rings is 7. The van der Waals surface area contributed by atoms with E-state index in [1.165, 1.54) is 78.2 Å². The van der Waals surface area contributed by atoms with Crippen molar-refractivity contribution >= 4 is 107 Å². The third-order valence-corrected chi connectivity index (χ3v) is 14.0. The maximum Gasteiger partial charge on any atom is 0.236 e. The molecule has 0 spiro atoms. The molecule has 0 bridgehead atoms. The minimum atomic E-state index is 0.700. The monoisotopic (exact) mass is 719 g/mol. The fraction of sp³-hybridized carbons (Fsp3) is 0.0435. The zero-order valence-corrected chi connectivity index (χ0v) is 30.8. The van der Waals surface area contributed by atoms with Gasteiger partial charge in [-0.1, -0.05) is 121 Å². The van der Waals surface area contributed by atoms with E-state index in [-0.39, 0.29) is 0 Å². The van der Waals surface area contributed by atoms with Gasteiger partial charge in [0, 0.05) is 57.1 Å². The second kappa shape index (κ2) is 11.5. The zero-order chi connectivity index (χ0) is 34.5. The first-order valence-corrected chi connectivity index (χ1v) is 19.9. The number of para-hydroxylation sites is 1. The third-order valence-electron chi connectivity index (χ3n) is 10.4. The molecule has 0 atom stereocenters. The van der Waals surface area contributed by atoms with E-state index in [1.54, 1.807) is 11.3 Å². The van der Waals surface area contributed by atoms with Crippen LogP contribution in [0.1, 0.15) is 11.1 Å². The molecule has 246 valence electrons. The van der Waals surface area contributed by atoms with Gasteiger partial charge in [-0.15, -0.1) is 22.7 Å². The van der Waals surface area contributed by atoms with Crippen LogP contribution in [0.25, 0.3) is 90.3 Å². The van der Waals surface area contributed by atoms with Gasteiger partial charge in [-0.25, -0.2) is 9.97 Å². The van der Waals surface area contributed by atoms with Crippen LogP contribution in [-0.2, 0) is 0 Å². The number of aryl methyl sites for hydroxylation is 1. The van der Waals surface area contributed by atoms with Gasteiger partial charge in [-0.05, 0) is 66.1 Å². The maximum atomic E-state index is 5.66. The summed E-state index contributed by atoms with van der Waals surface area (Å²) in [5.74, 6) is 0.700. The molecule has 11 aromatic rings. The largest absolute Gasteiger partial charge is 0.276 e. The SMILES string of the molecule is Cc1ccccc1Sc1cccc(-c2nc(-n3c4ccccc4c4c5ccccc5c5c6ccccc6sc5c43)nc3sc4ccccc4c23)c1C. The van der Waals surface area contributed by atoms with E-state index >= 15 is 0 Å². The van der Waals surface area contributed by atoms with Crippen LogP contribution in [0.2, 0.25) is 0 Å². The van der Waals surface area contributed by atoms with Gasteiger partial charge in [0.15, 0.2) is 0 Å². The number of nitrogens with zero attached hydrogens (tertiary/aromatic N) is 3. The van der Waals surface area contributed by atoms with Crippen molar-refractivity contribution in [3.05, 3.63) is 151 Å². The normalized spacial score (nSPS) is 12.1. The zero-order valence-electron chi connectivity index (χ0n) is 28.3. The molecule has 0 aliphatic rings. The average molecular weight is 720 g/mol. The number of rotatable bonds is 4. The molecule has 7 aromatic carbocycles. The van der Waals surface area contributed by atoms with E-state index in [1.807, 2.05) is 23.1 Å². The predicted molar refractivity (Wildman–Crippen MR) is 225 cm³/mol. The van der Waals surface area contributed by atoms with E-state index in [0.29, 0.717) is 5.95 Å². The molecule has 11 rings (SSSR count). The van der Waals surface area contributed by atoms with Gasteiger partial charge in [0.25, 0.3) is 0 Å². The Bertz CT molecular complexity index is 3260. The number of aromatic nitrogens is 3. The molecule has 0 radical (unpaired) electrons. The molecule has 4 heterocycles. The summed E-state index contributed by atoms with van der Waals surface area (Å²) in [4.78, 5) is 14.6. The molecule has 0 aliphatic heterocycles. The van der Waals surface area contributed by atoms with Crippen LogP contribution in [0.3, 0.4) is 0 Å². The highest BCUT2D eigenvalue weighted by atomic mass is 32.2. The second-order valence-electron chi connectivity index (χ2n) is 13.4. The maximum absolute atomic E-state index is 5.66. The fourth-order valence-corrected chi connectivity index (χ4v) is 11.4. The molecule has 52 heavy (non-hydrogen) atoms. The van der Waals surface area contributed by atoms with E-state index < -0.39 is 0 Å². The number of fused-ring (bicyclic) bond motifs is 13. The predicted octanol–water partition coefficient (Wildman–Crippen LogP) is 13.9. The minimum Gasteiger partial charge on any atom is -0.276 e. The van der Waals surface area contributed by atoms with Crippen LogP contribution >= 0.6 is 34.4 Å². The molecule has 0 saturated heterocycles. The average Bonchev–Trinajstić information content (AvgIpc) is 3.86. The Morgan fingerprint density at radius 2 is 1.13 bits per heavy atom. The van der Waals surface area contributed by atoms with Crippen molar-refractivity contribution in [2.24, 2.45) is 0 Å². The van der Waals surface area contributed by atoms with Crippen LogP contribution in [0.5, 0.6) is 0 Å². The number of thiophene rings is 2. The van der Waals surface area contributed by atoms with Gasteiger partial charge < -0.3 is 0 Å². The molecule has 0 aliphatic carbocycles. The lowest BCUT2D eigenvalue weighted by Crippen LogP contribution is -2.03. The highest BCUT2D eigenvalue weighted by molar-refractivity contribution is 7.99. The first-order chi connectivity index (χ1) is 25.6. The Kier molecular flexibility index (Phi) is 6.66. The van der Waals surface area contributed by atoms with E-state index in [9.17, 15) is 0 Å². The third kappa shape index (κ3) is 4.32. The number of hydrogen-bond acceptors (Lipinski definition) is 5. The summed E-state index contributed by atoms with van der Waals surface area (Å²) < 4.78 is 6.12. The first-order valence-electron chi connectivity index (χ1n) is 17.4. The molecular weight excluding hydrogens is 691 g/mol. The van der Waals surface area contributed by atoms with Gasteiger partial charge in [-0.3, -0.25) is 4.57 Å². The molecule has 3 nitrogen and oxygen atoms in total. The molecule has 0 amide bonds. The van der Waals surface area contributed by atoms with Crippen LogP contribution in [0.15, 0.2) is 149 Å². The van der Waals surface area contributed by atoms with E-state index in [0.717, 1.165) is 27.0 Å². The van der Waals surface area contributed by atoms with Crippen LogP contribution in [0, 0.1) is 13.8 Å². The highest BCUT2D eigenvalue weighted by Crippen LogP contribution is 2.48. The molecule has 6 heteroatoms. The fourth-order valence-electron chi connectivity index (χ4n) is 8.01. The van der Waals surface area contributed by atoms with Gasteiger partial charge in [0.1, 0.15) is 4.83 Å². The summed E-state index contributed by atoms with van der Waals surface area (Å²) >= 11 is 5.44. The summed E-state index contributed by atoms with van der Waals surface area (Å²) in [6.45, 7) is 4.42. The molecule has 0 fully saturated rings. The topological polar surface area (TPSA) is 30.7 Å². The van der Waals surface area contributed by atoms with Gasteiger partial charge >= 0.3 is 0 Å². The highest BCUT2D eigenvalue weighted by Gasteiger charge is 2.25. The number of hydrogen-bond donors (Lipinski definition) is 0. The van der Waals surface area contributed by atoms with Crippen LogP contribution in [-0.4, -0.2) is 14.5 Å². The summed E-state index contributed by atoms with van der Waals surface area (Å²) in [5, 5.41) is 9.89. The Labute approximate surface area is 311 Å². The first kappa shape index (κ1) is 30.1. The summed E-state index contributed by atoms with van der Waals surface area (Å²) in [7, 11) is 0. The standard InChI is InChI=1S/C46H29N3S3/c1-26-14-3-10-22-35(26)50-36-25-13-20-28(27(36)2)42-41-33-19-8-12-24-38(33)52-45(41)48-46(47-42)49-34-21-9-6-17-31(34)39-29-15-4-5-16-30(29)40-32-18-7-11-23-37(32)51-44(40)43(39)49/h3-25H,1-2H3. The van der Waals surface area contributed by atoms with Crippen molar-refractivity contribution in [3.63, 3.8) is 0 Å². The Balaban J connectivity index is 1.28. The second-order valence-corrected chi connectivity index (χ2v) is 16.5. The van der Waals surface area contributed by atoms with Crippen molar-refractivity contribution in [3.8, 4) is 17.2 Å². The lowest BCUT2D eigenvalue weighted by atomic mass is 9.99. The Hall–Kier alpha value is -5.53. The van der Waals surface area contributed by atoms with Gasteiger partial charge in [0.05, 0.1) is 21.4 Å². The molecule has 0 saturated carbocycles. The van der Waals surface area contributed by atoms with E-state index in [2.05, 4.69) is 158 Å². The van der Waals surface area contributed by atoms with Gasteiger partial charge in [0.2, 0.25) is 5.95 Å². The van der Waals surface area contributed by atoms with Gasteiger partial charge in [-0.2, -0.15) is 0 Å². The van der Waals surface area contributed by atoms with Crippen LogP contribution < -0.4 is 0 Å². The van der Waals surface area contributed by atoms with Crippen molar-refractivity contribution in [1.29, 1.82) is 0 Å².